The zero-order chi connectivity index (χ0) is 12.9. The van der Waals surface area contributed by atoms with Gasteiger partial charge in [-0.3, -0.25) is 0 Å². The van der Waals surface area contributed by atoms with Gasteiger partial charge in [0.2, 0.25) is 0 Å². The van der Waals surface area contributed by atoms with E-state index in [2.05, 4.69) is 35.7 Å². The van der Waals surface area contributed by atoms with E-state index in [9.17, 15) is 0 Å². The number of rotatable bonds is 3. The molecule has 1 fully saturated rings. The summed E-state index contributed by atoms with van der Waals surface area (Å²) in [6.07, 6.45) is 10.2. The minimum Gasteiger partial charge on any atom is -0.490 e. The lowest BCUT2D eigenvalue weighted by molar-refractivity contribution is 0.210. The molecule has 2 aliphatic rings. The van der Waals surface area contributed by atoms with Crippen molar-refractivity contribution in [1.82, 2.24) is 5.32 Å². The van der Waals surface area contributed by atoms with Gasteiger partial charge in [0.15, 0.2) is 0 Å². The van der Waals surface area contributed by atoms with Crippen LogP contribution in [0.25, 0.3) is 5.57 Å². The van der Waals surface area contributed by atoms with Gasteiger partial charge in [0, 0.05) is 0 Å². The van der Waals surface area contributed by atoms with Gasteiger partial charge in [0.1, 0.15) is 5.75 Å². The molecule has 0 bridgehead atoms. The lowest BCUT2D eigenvalue weighted by atomic mass is 10.0. The second kappa shape index (κ2) is 6.25. The molecule has 1 aromatic carbocycles. The fourth-order valence-corrected chi connectivity index (χ4v) is 3.01. The second-order valence-corrected chi connectivity index (χ2v) is 5.57. The molecular formula is C17H23NO. The van der Waals surface area contributed by atoms with Crippen molar-refractivity contribution in [1.29, 1.82) is 0 Å². The molecule has 0 radical (unpaired) electrons. The molecule has 2 heteroatoms. The third-order valence-corrected chi connectivity index (χ3v) is 4.11. The number of hydrogen-bond donors (Lipinski definition) is 1. The molecule has 0 aromatic heterocycles. The Morgan fingerprint density at radius 1 is 1.00 bits per heavy atom. The van der Waals surface area contributed by atoms with Crippen LogP contribution in [-0.2, 0) is 0 Å². The van der Waals surface area contributed by atoms with Gasteiger partial charge < -0.3 is 10.1 Å². The monoisotopic (exact) mass is 257 g/mol. The summed E-state index contributed by atoms with van der Waals surface area (Å²) in [6.45, 7) is 2.19. The van der Waals surface area contributed by atoms with E-state index in [-0.39, 0.29) is 0 Å². The maximum Gasteiger partial charge on any atom is 0.119 e. The van der Waals surface area contributed by atoms with Gasteiger partial charge in [-0.05, 0) is 74.9 Å². The van der Waals surface area contributed by atoms with E-state index in [1.165, 1.54) is 36.8 Å². The fraction of sp³-hybridized carbons (Fsp3) is 0.529. The third-order valence-electron chi connectivity index (χ3n) is 4.11. The maximum atomic E-state index is 6.01. The molecule has 19 heavy (non-hydrogen) atoms. The highest BCUT2D eigenvalue weighted by Crippen LogP contribution is 2.26. The van der Waals surface area contributed by atoms with Gasteiger partial charge in [0.05, 0.1) is 6.10 Å². The fourth-order valence-electron chi connectivity index (χ4n) is 3.01. The van der Waals surface area contributed by atoms with Crippen molar-refractivity contribution in [2.45, 2.75) is 44.6 Å². The van der Waals surface area contributed by atoms with E-state index in [1.807, 2.05) is 0 Å². The Kier molecular flexibility index (Phi) is 4.19. The van der Waals surface area contributed by atoms with E-state index in [0.29, 0.717) is 6.10 Å². The van der Waals surface area contributed by atoms with Crippen LogP contribution in [0.1, 0.15) is 44.1 Å². The van der Waals surface area contributed by atoms with Gasteiger partial charge in [-0.1, -0.05) is 18.2 Å². The first-order valence-corrected chi connectivity index (χ1v) is 7.59. The van der Waals surface area contributed by atoms with E-state index < -0.39 is 0 Å². The van der Waals surface area contributed by atoms with Gasteiger partial charge in [-0.15, -0.1) is 0 Å². The highest BCUT2D eigenvalue weighted by molar-refractivity contribution is 5.66. The average Bonchev–Trinajstić information content (AvgIpc) is 2.80. The molecule has 1 saturated carbocycles. The lowest BCUT2D eigenvalue weighted by Crippen LogP contribution is -2.13. The molecule has 1 aromatic rings. The molecule has 3 rings (SSSR count). The number of hydrogen-bond acceptors (Lipinski definition) is 2. The summed E-state index contributed by atoms with van der Waals surface area (Å²) in [7, 11) is 0. The molecule has 1 aliphatic carbocycles. The average molecular weight is 257 g/mol. The van der Waals surface area contributed by atoms with Crippen molar-refractivity contribution in [2.75, 3.05) is 13.1 Å². The summed E-state index contributed by atoms with van der Waals surface area (Å²) in [5.74, 6) is 1.03. The van der Waals surface area contributed by atoms with Gasteiger partial charge in [-0.2, -0.15) is 0 Å². The Morgan fingerprint density at radius 2 is 1.79 bits per heavy atom. The molecule has 0 saturated heterocycles. The van der Waals surface area contributed by atoms with E-state index in [1.54, 1.807) is 0 Å². The predicted octanol–water partition coefficient (Wildman–Crippen LogP) is 3.77. The normalized spacial score (nSPS) is 20.9. The van der Waals surface area contributed by atoms with Gasteiger partial charge in [0.25, 0.3) is 0 Å². The van der Waals surface area contributed by atoms with E-state index in [0.717, 1.165) is 31.7 Å². The minimum absolute atomic E-state index is 0.451. The molecular weight excluding hydrogens is 234 g/mol. The molecule has 1 aliphatic heterocycles. The standard InChI is InChI=1S/C17H23NO/c1-2-6-16(5-1)19-17-9-7-15(8-10-17)14-4-3-12-18-13-11-14/h4,7-10,16,18H,1-3,5-6,11-13H2. The molecule has 1 N–H and O–H groups in total. The molecule has 0 atom stereocenters. The van der Waals surface area contributed by atoms with E-state index in [4.69, 9.17) is 4.74 Å². The first-order chi connectivity index (χ1) is 9.42. The highest BCUT2D eigenvalue weighted by Gasteiger charge is 2.16. The zero-order valence-electron chi connectivity index (χ0n) is 11.5. The Morgan fingerprint density at radius 3 is 2.58 bits per heavy atom. The van der Waals surface area contributed by atoms with Crippen LogP contribution in [-0.4, -0.2) is 19.2 Å². The van der Waals surface area contributed by atoms with Crippen molar-refractivity contribution in [3.05, 3.63) is 35.9 Å². The van der Waals surface area contributed by atoms with Crippen LogP contribution >= 0.6 is 0 Å². The Hall–Kier alpha value is -1.28. The summed E-state index contributed by atoms with van der Waals surface area (Å²) in [5.41, 5.74) is 2.82. The number of benzene rings is 1. The van der Waals surface area contributed by atoms with Crippen LogP contribution in [0, 0.1) is 0 Å². The van der Waals surface area contributed by atoms with Crippen molar-refractivity contribution < 1.29 is 4.74 Å². The molecule has 102 valence electrons. The van der Waals surface area contributed by atoms with Gasteiger partial charge >= 0.3 is 0 Å². The SMILES string of the molecule is C1=C(c2ccc(OC3CCCC3)cc2)CCNCC1. The quantitative estimate of drug-likeness (QED) is 0.890. The van der Waals surface area contributed by atoms with Crippen LogP contribution in [0.5, 0.6) is 5.75 Å². The topological polar surface area (TPSA) is 21.3 Å². The van der Waals surface area contributed by atoms with Gasteiger partial charge in [-0.25, -0.2) is 0 Å². The number of nitrogens with one attached hydrogen (secondary N) is 1. The zero-order valence-corrected chi connectivity index (χ0v) is 11.5. The second-order valence-electron chi connectivity index (χ2n) is 5.57. The summed E-state index contributed by atoms with van der Waals surface area (Å²) >= 11 is 0. The predicted molar refractivity (Wildman–Crippen MR) is 79.4 cm³/mol. The Balaban J connectivity index is 1.65. The minimum atomic E-state index is 0.451. The summed E-state index contributed by atoms with van der Waals surface area (Å²) in [4.78, 5) is 0. The van der Waals surface area contributed by atoms with Crippen molar-refractivity contribution in [2.24, 2.45) is 0 Å². The summed E-state index contributed by atoms with van der Waals surface area (Å²) in [6, 6.07) is 8.68. The van der Waals surface area contributed by atoms with Crippen molar-refractivity contribution in [3.8, 4) is 5.75 Å². The summed E-state index contributed by atoms with van der Waals surface area (Å²) in [5, 5.41) is 3.43. The number of ether oxygens (including phenoxy) is 1. The molecule has 0 spiro atoms. The smallest absolute Gasteiger partial charge is 0.119 e. The first kappa shape index (κ1) is 12.7. The third kappa shape index (κ3) is 3.38. The largest absolute Gasteiger partial charge is 0.490 e. The Labute approximate surface area is 115 Å². The lowest BCUT2D eigenvalue weighted by Gasteiger charge is -2.13. The maximum absolute atomic E-state index is 6.01. The van der Waals surface area contributed by atoms with Crippen LogP contribution in [0.4, 0.5) is 0 Å². The molecule has 1 heterocycles. The van der Waals surface area contributed by atoms with Crippen molar-refractivity contribution >= 4 is 5.57 Å². The first-order valence-electron chi connectivity index (χ1n) is 7.59. The van der Waals surface area contributed by atoms with Crippen LogP contribution < -0.4 is 10.1 Å². The molecule has 0 unspecified atom stereocenters. The molecule has 2 nitrogen and oxygen atoms in total. The van der Waals surface area contributed by atoms with Crippen LogP contribution in [0.15, 0.2) is 30.3 Å². The summed E-state index contributed by atoms with van der Waals surface area (Å²) < 4.78 is 6.01. The Bertz CT molecular complexity index is 429. The van der Waals surface area contributed by atoms with Crippen LogP contribution in [0.2, 0.25) is 0 Å². The van der Waals surface area contributed by atoms with Crippen LogP contribution in [0.3, 0.4) is 0 Å². The van der Waals surface area contributed by atoms with Crippen molar-refractivity contribution in [3.63, 3.8) is 0 Å². The van der Waals surface area contributed by atoms with E-state index >= 15 is 0 Å². The molecule has 0 amide bonds. The highest BCUT2D eigenvalue weighted by atomic mass is 16.5.